The molecule has 0 fully saturated rings. The number of thiol groups is 2. The predicted octanol–water partition coefficient (Wildman–Crippen LogP) is 0.142. The number of carbonyl (C=O) groups is 2. The van der Waals surface area contributed by atoms with Crippen LogP contribution < -0.4 is 0 Å². The SMILES string of the molecule is O=C(O)[C@@H](S)C[C@H](S)C(=O)O. The number of aliphatic carboxylic acids is 2. The minimum absolute atomic E-state index is 0.0864. The lowest BCUT2D eigenvalue weighted by molar-refractivity contribution is -0.137. The zero-order chi connectivity index (χ0) is 9.02. The Labute approximate surface area is 74.4 Å². The number of carboxylic acid groups (broad SMARTS) is 2. The van der Waals surface area contributed by atoms with Gasteiger partial charge in [-0.05, 0) is 6.42 Å². The molecule has 0 aliphatic heterocycles. The monoisotopic (exact) mass is 196 g/mol. The molecule has 0 aromatic carbocycles. The second-order valence-electron chi connectivity index (χ2n) is 1.94. The van der Waals surface area contributed by atoms with E-state index in [2.05, 4.69) is 25.3 Å². The Bertz CT molecular complexity index is 152. The Balaban J connectivity index is 3.84. The van der Waals surface area contributed by atoms with Crippen LogP contribution in [0, 0.1) is 0 Å². The molecule has 2 N–H and O–H groups in total. The highest BCUT2D eigenvalue weighted by atomic mass is 32.1. The van der Waals surface area contributed by atoms with Gasteiger partial charge in [-0.3, -0.25) is 9.59 Å². The third kappa shape index (κ3) is 4.15. The number of carboxylic acids is 2. The molecule has 0 aromatic heterocycles. The Hall–Kier alpha value is -0.360. The van der Waals surface area contributed by atoms with Crippen molar-refractivity contribution < 1.29 is 19.8 Å². The van der Waals surface area contributed by atoms with Crippen LogP contribution in [0.5, 0.6) is 0 Å². The van der Waals surface area contributed by atoms with Crippen molar-refractivity contribution in [2.45, 2.75) is 16.9 Å². The van der Waals surface area contributed by atoms with E-state index in [0.717, 1.165) is 0 Å². The van der Waals surface area contributed by atoms with E-state index in [1.54, 1.807) is 0 Å². The lowest BCUT2D eigenvalue weighted by atomic mass is 10.2. The fraction of sp³-hybridized carbons (Fsp3) is 0.600. The zero-order valence-corrected chi connectivity index (χ0v) is 7.26. The molecular weight excluding hydrogens is 188 g/mol. The summed E-state index contributed by atoms with van der Waals surface area (Å²) in [4.78, 5) is 20.3. The molecule has 2 atom stereocenters. The molecule has 0 saturated carbocycles. The third-order valence-corrected chi connectivity index (χ3v) is 1.88. The van der Waals surface area contributed by atoms with Gasteiger partial charge in [-0.2, -0.15) is 25.3 Å². The highest BCUT2D eigenvalue weighted by molar-refractivity contribution is 7.82. The van der Waals surface area contributed by atoms with Crippen LogP contribution in [0.1, 0.15) is 6.42 Å². The normalized spacial score (nSPS) is 15.5. The average molecular weight is 196 g/mol. The van der Waals surface area contributed by atoms with E-state index in [4.69, 9.17) is 10.2 Å². The van der Waals surface area contributed by atoms with Crippen molar-refractivity contribution in [1.29, 1.82) is 0 Å². The highest BCUT2D eigenvalue weighted by Gasteiger charge is 2.20. The van der Waals surface area contributed by atoms with Crippen LogP contribution in [0.3, 0.4) is 0 Å². The second kappa shape index (κ2) is 4.50. The first kappa shape index (κ1) is 10.6. The van der Waals surface area contributed by atoms with Crippen LogP contribution >= 0.6 is 25.3 Å². The average Bonchev–Trinajstić information content (AvgIpc) is 1.87. The van der Waals surface area contributed by atoms with Gasteiger partial charge in [0.2, 0.25) is 0 Å². The maximum absolute atomic E-state index is 10.2. The van der Waals surface area contributed by atoms with Crippen molar-refractivity contribution >= 4 is 37.2 Å². The van der Waals surface area contributed by atoms with Crippen molar-refractivity contribution in [2.24, 2.45) is 0 Å². The summed E-state index contributed by atoms with van der Waals surface area (Å²) in [5.41, 5.74) is 0. The topological polar surface area (TPSA) is 74.6 Å². The predicted molar refractivity (Wildman–Crippen MR) is 45.4 cm³/mol. The van der Waals surface area contributed by atoms with Crippen molar-refractivity contribution in [1.82, 2.24) is 0 Å². The van der Waals surface area contributed by atoms with Crippen LogP contribution in [0.25, 0.3) is 0 Å². The largest absolute Gasteiger partial charge is 0.480 e. The van der Waals surface area contributed by atoms with Gasteiger partial charge in [0.25, 0.3) is 0 Å². The van der Waals surface area contributed by atoms with Gasteiger partial charge in [-0.25, -0.2) is 0 Å². The summed E-state index contributed by atoms with van der Waals surface area (Å²) < 4.78 is 0. The molecule has 11 heavy (non-hydrogen) atoms. The van der Waals surface area contributed by atoms with Crippen LogP contribution in [0.15, 0.2) is 0 Å². The minimum Gasteiger partial charge on any atom is -0.480 e. The third-order valence-electron chi connectivity index (χ3n) is 1.02. The summed E-state index contributed by atoms with van der Waals surface area (Å²) in [7, 11) is 0. The lowest BCUT2D eigenvalue weighted by Gasteiger charge is -2.07. The van der Waals surface area contributed by atoms with Crippen LogP contribution in [0.4, 0.5) is 0 Å². The fourth-order valence-electron chi connectivity index (χ4n) is 0.413. The Kier molecular flexibility index (Phi) is 4.36. The summed E-state index contributed by atoms with van der Waals surface area (Å²) in [6, 6.07) is 0. The van der Waals surface area contributed by atoms with E-state index in [0.29, 0.717) is 0 Å². The molecule has 0 aliphatic rings. The molecule has 6 heteroatoms. The standard InChI is InChI=1S/C5H8O4S2/c6-4(7)2(10)1-3(11)5(8)9/h2-3,10-11H,1H2,(H,6,7)(H,8,9)/t2-,3-/m0/s1. The second-order valence-corrected chi connectivity index (χ2v) is 3.19. The molecule has 4 nitrogen and oxygen atoms in total. The van der Waals surface area contributed by atoms with Crippen LogP contribution in [-0.2, 0) is 9.59 Å². The summed E-state index contributed by atoms with van der Waals surface area (Å²) >= 11 is 7.29. The summed E-state index contributed by atoms with van der Waals surface area (Å²) in [5, 5.41) is 14.7. The van der Waals surface area contributed by atoms with Gasteiger partial charge < -0.3 is 10.2 Å². The quantitative estimate of drug-likeness (QED) is 0.483. The van der Waals surface area contributed by atoms with Crippen LogP contribution in [0.2, 0.25) is 0 Å². The van der Waals surface area contributed by atoms with Gasteiger partial charge in [0, 0.05) is 0 Å². The van der Waals surface area contributed by atoms with E-state index in [-0.39, 0.29) is 6.42 Å². The molecule has 0 spiro atoms. The highest BCUT2D eigenvalue weighted by Crippen LogP contribution is 2.10. The van der Waals surface area contributed by atoms with Crippen molar-refractivity contribution in [3.05, 3.63) is 0 Å². The van der Waals surface area contributed by atoms with Gasteiger partial charge in [0.05, 0.1) is 0 Å². The van der Waals surface area contributed by atoms with Crippen molar-refractivity contribution in [2.75, 3.05) is 0 Å². The van der Waals surface area contributed by atoms with Gasteiger partial charge in [-0.1, -0.05) is 0 Å². The molecule has 0 saturated heterocycles. The Morgan fingerprint density at radius 3 is 1.55 bits per heavy atom. The molecule has 0 heterocycles. The van der Waals surface area contributed by atoms with Crippen molar-refractivity contribution in [3.63, 3.8) is 0 Å². The number of rotatable bonds is 4. The van der Waals surface area contributed by atoms with E-state index in [1.165, 1.54) is 0 Å². The molecule has 0 unspecified atom stereocenters. The molecule has 0 aromatic rings. The van der Waals surface area contributed by atoms with E-state index in [9.17, 15) is 9.59 Å². The lowest BCUT2D eigenvalue weighted by Crippen LogP contribution is -2.23. The summed E-state index contributed by atoms with van der Waals surface area (Å²) in [6.45, 7) is 0. The summed E-state index contributed by atoms with van der Waals surface area (Å²) in [5.74, 6) is -2.26. The maximum Gasteiger partial charge on any atom is 0.316 e. The molecule has 0 rings (SSSR count). The molecule has 64 valence electrons. The number of hydrogen-bond acceptors (Lipinski definition) is 4. The first-order chi connectivity index (χ1) is 4.95. The number of hydrogen-bond donors (Lipinski definition) is 4. The Morgan fingerprint density at radius 2 is 1.36 bits per heavy atom. The minimum atomic E-state index is -1.13. The zero-order valence-electron chi connectivity index (χ0n) is 5.47. The first-order valence-corrected chi connectivity index (χ1v) is 3.80. The Morgan fingerprint density at radius 1 is 1.09 bits per heavy atom. The van der Waals surface area contributed by atoms with E-state index >= 15 is 0 Å². The molecular formula is C5H8O4S2. The molecule has 0 radical (unpaired) electrons. The van der Waals surface area contributed by atoms with Gasteiger partial charge >= 0.3 is 11.9 Å². The first-order valence-electron chi connectivity index (χ1n) is 2.77. The molecule has 0 aliphatic carbocycles. The van der Waals surface area contributed by atoms with Gasteiger partial charge in [0.15, 0.2) is 0 Å². The fourth-order valence-corrected chi connectivity index (χ4v) is 1.00. The van der Waals surface area contributed by atoms with Gasteiger partial charge in [-0.15, -0.1) is 0 Å². The van der Waals surface area contributed by atoms with Crippen LogP contribution in [-0.4, -0.2) is 32.7 Å². The van der Waals surface area contributed by atoms with Crippen molar-refractivity contribution in [3.8, 4) is 0 Å². The smallest absolute Gasteiger partial charge is 0.316 e. The summed E-state index contributed by atoms with van der Waals surface area (Å²) in [6.07, 6.45) is -0.0864. The maximum atomic E-state index is 10.2. The van der Waals surface area contributed by atoms with E-state index < -0.39 is 22.4 Å². The van der Waals surface area contributed by atoms with Gasteiger partial charge in [0.1, 0.15) is 10.5 Å². The van der Waals surface area contributed by atoms with E-state index in [1.807, 2.05) is 0 Å². The molecule has 0 amide bonds. The molecule has 0 bridgehead atoms.